The standard InChI is InChI=1S/C21H29N5O/c27-20(10-5-16-11-13-22-14-12-16)23-18-8-6-17(7-9-18)21-25-24-19-4-2-1-3-15-26(19)21/h6-9,16,22H,1-5,10-15H2,(H,23,27). The summed E-state index contributed by atoms with van der Waals surface area (Å²) in [6, 6.07) is 8.00. The lowest BCUT2D eigenvalue weighted by atomic mass is 9.93. The highest BCUT2D eigenvalue weighted by Crippen LogP contribution is 2.24. The summed E-state index contributed by atoms with van der Waals surface area (Å²) in [6.45, 7) is 3.16. The molecule has 0 spiro atoms. The molecule has 1 amide bonds. The predicted octanol–water partition coefficient (Wildman–Crippen LogP) is 3.39. The SMILES string of the molecule is O=C(CCC1CCNCC1)Nc1ccc(-c2nnc3n2CCCCC3)cc1. The zero-order chi connectivity index (χ0) is 18.5. The van der Waals surface area contributed by atoms with Crippen LogP contribution >= 0.6 is 0 Å². The zero-order valence-corrected chi connectivity index (χ0v) is 15.9. The number of aryl methyl sites for hydroxylation is 1. The van der Waals surface area contributed by atoms with Crippen LogP contribution in [0.15, 0.2) is 24.3 Å². The molecular weight excluding hydrogens is 338 g/mol. The highest BCUT2D eigenvalue weighted by atomic mass is 16.1. The first-order chi connectivity index (χ1) is 13.3. The summed E-state index contributed by atoms with van der Waals surface area (Å²) in [4.78, 5) is 12.2. The molecule has 2 aliphatic heterocycles. The number of rotatable bonds is 5. The molecule has 6 heteroatoms. The number of nitrogens with zero attached hydrogens (tertiary/aromatic N) is 3. The first-order valence-corrected chi connectivity index (χ1v) is 10.3. The second-order valence-electron chi connectivity index (χ2n) is 7.76. The summed E-state index contributed by atoms with van der Waals surface area (Å²) >= 11 is 0. The molecule has 0 saturated carbocycles. The first-order valence-electron chi connectivity index (χ1n) is 10.3. The third-order valence-electron chi connectivity index (χ3n) is 5.77. The molecule has 144 valence electrons. The lowest BCUT2D eigenvalue weighted by Gasteiger charge is -2.22. The highest BCUT2D eigenvalue weighted by Gasteiger charge is 2.17. The molecule has 1 saturated heterocycles. The van der Waals surface area contributed by atoms with Gasteiger partial charge in [-0.1, -0.05) is 6.42 Å². The number of hydrogen-bond donors (Lipinski definition) is 2. The van der Waals surface area contributed by atoms with E-state index >= 15 is 0 Å². The van der Waals surface area contributed by atoms with Gasteiger partial charge in [0.25, 0.3) is 0 Å². The molecule has 27 heavy (non-hydrogen) atoms. The number of piperidine rings is 1. The van der Waals surface area contributed by atoms with Crippen LogP contribution in [0.3, 0.4) is 0 Å². The maximum atomic E-state index is 12.2. The largest absolute Gasteiger partial charge is 0.326 e. The van der Waals surface area contributed by atoms with Gasteiger partial charge in [-0.25, -0.2) is 0 Å². The van der Waals surface area contributed by atoms with Crippen molar-refractivity contribution < 1.29 is 4.79 Å². The maximum Gasteiger partial charge on any atom is 0.224 e. The van der Waals surface area contributed by atoms with Gasteiger partial charge in [0.2, 0.25) is 5.91 Å². The molecule has 6 nitrogen and oxygen atoms in total. The summed E-state index contributed by atoms with van der Waals surface area (Å²) in [6.07, 6.45) is 8.60. The van der Waals surface area contributed by atoms with Gasteiger partial charge in [-0.3, -0.25) is 4.79 Å². The van der Waals surface area contributed by atoms with Gasteiger partial charge in [0.1, 0.15) is 5.82 Å². The topological polar surface area (TPSA) is 71.8 Å². The molecule has 3 heterocycles. The molecular formula is C21H29N5O. The molecule has 1 aromatic heterocycles. The second-order valence-corrected chi connectivity index (χ2v) is 7.76. The molecule has 0 unspecified atom stereocenters. The summed E-state index contributed by atoms with van der Waals surface area (Å²) in [5.41, 5.74) is 1.91. The molecule has 2 aliphatic rings. The van der Waals surface area contributed by atoms with Gasteiger partial charge in [-0.05, 0) is 75.4 Å². The van der Waals surface area contributed by atoms with Crippen molar-refractivity contribution in [3.8, 4) is 11.4 Å². The minimum atomic E-state index is 0.109. The van der Waals surface area contributed by atoms with E-state index in [1.165, 1.54) is 32.1 Å². The molecule has 1 aromatic carbocycles. The lowest BCUT2D eigenvalue weighted by molar-refractivity contribution is -0.116. The number of hydrogen-bond acceptors (Lipinski definition) is 4. The Balaban J connectivity index is 1.35. The fourth-order valence-electron chi connectivity index (χ4n) is 4.13. The van der Waals surface area contributed by atoms with E-state index in [0.717, 1.165) is 55.4 Å². The van der Waals surface area contributed by atoms with Crippen molar-refractivity contribution in [3.05, 3.63) is 30.1 Å². The van der Waals surface area contributed by atoms with E-state index in [1.54, 1.807) is 0 Å². The van der Waals surface area contributed by atoms with Crippen LogP contribution in [0.4, 0.5) is 5.69 Å². The Hall–Kier alpha value is -2.21. The van der Waals surface area contributed by atoms with Crippen molar-refractivity contribution in [1.82, 2.24) is 20.1 Å². The van der Waals surface area contributed by atoms with E-state index in [-0.39, 0.29) is 5.91 Å². The van der Waals surface area contributed by atoms with Crippen molar-refractivity contribution >= 4 is 11.6 Å². The molecule has 0 bridgehead atoms. The average molecular weight is 367 g/mol. The lowest BCUT2D eigenvalue weighted by Crippen LogP contribution is -2.28. The summed E-state index contributed by atoms with van der Waals surface area (Å²) in [7, 11) is 0. The number of fused-ring (bicyclic) bond motifs is 1. The van der Waals surface area contributed by atoms with Crippen LogP contribution in [-0.2, 0) is 17.8 Å². The Labute approximate surface area is 160 Å². The van der Waals surface area contributed by atoms with Crippen molar-refractivity contribution in [1.29, 1.82) is 0 Å². The van der Waals surface area contributed by atoms with Crippen molar-refractivity contribution in [2.24, 2.45) is 5.92 Å². The van der Waals surface area contributed by atoms with E-state index < -0.39 is 0 Å². The van der Waals surface area contributed by atoms with E-state index in [1.807, 2.05) is 24.3 Å². The molecule has 0 atom stereocenters. The second kappa shape index (κ2) is 8.65. The minimum absolute atomic E-state index is 0.109. The van der Waals surface area contributed by atoms with E-state index in [4.69, 9.17) is 0 Å². The monoisotopic (exact) mass is 367 g/mol. The Morgan fingerprint density at radius 2 is 1.93 bits per heavy atom. The van der Waals surface area contributed by atoms with E-state index in [2.05, 4.69) is 25.4 Å². The van der Waals surface area contributed by atoms with Crippen LogP contribution in [-0.4, -0.2) is 33.8 Å². The number of benzene rings is 1. The van der Waals surface area contributed by atoms with Gasteiger partial charge in [0.05, 0.1) is 0 Å². The normalized spacial score (nSPS) is 17.9. The smallest absolute Gasteiger partial charge is 0.224 e. The molecule has 2 aromatic rings. The molecule has 0 radical (unpaired) electrons. The number of amides is 1. The quantitative estimate of drug-likeness (QED) is 0.850. The van der Waals surface area contributed by atoms with Crippen LogP contribution in [0.5, 0.6) is 0 Å². The summed E-state index contributed by atoms with van der Waals surface area (Å²) in [5, 5.41) is 15.2. The van der Waals surface area contributed by atoms with E-state index in [9.17, 15) is 4.79 Å². The average Bonchev–Trinajstić information content (AvgIpc) is 2.96. The fourth-order valence-corrected chi connectivity index (χ4v) is 4.13. The zero-order valence-electron chi connectivity index (χ0n) is 15.9. The molecule has 0 aliphatic carbocycles. The molecule has 2 N–H and O–H groups in total. The van der Waals surface area contributed by atoms with Gasteiger partial charge < -0.3 is 15.2 Å². The Bertz CT molecular complexity index is 761. The van der Waals surface area contributed by atoms with Gasteiger partial charge in [-0.2, -0.15) is 0 Å². The van der Waals surface area contributed by atoms with Gasteiger partial charge in [0.15, 0.2) is 5.82 Å². The number of anilines is 1. The Morgan fingerprint density at radius 3 is 2.74 bits per heavy atom. The molecule has 1 fully saturated rings. The Morgan fingerprint density at radius 1 is 1.11 bits per heavy atom. The van der Waals surface area contributed by atoms with Gasteiger partial charge in [0, 0.05) is 30.6 Å². The summed E-state index contributed by atoms with van der Waals surface area (Å²) in [5.74, 6) is 2.83. The summed E-state index contributed by atoms with van der Waals surface area (Å²) < 4.78 is 2.25. The number of carbonyl (C=O) groups is 1. The third kappa shape index (κ3) is 4.56. The predicted molar refractivity (Wildman–Crippen MR) is 106 cm³/mol. The first kappa shape index (κ1) is 18.2. The molecule has 4 rings (SSSR count). The van der Waals surface area contributed by atoms with Crippen LogP contribution < -0.4 is 10.6 Å². The van der Waals surface area contributed by atoms with Crippen molar-refractivity contribution in [2.45, 2.75) is 57.9 Å². The fraction of sp³-hybridized carbons (Fsp3) is 0.571. The Kier molecular flexibility index (Phi) is 5.82. The minimum Gasteiger partial charge on any atom is -0.326 e. The number of carbonyl (C=O) groups excluding carboxylic acids is 1. The van der Waals surface area contributed by atoms with Crippen LogP contribution in [0, 0.1) is 5.92 Å². The number of nitrogens with one attached hydrogen (secondary N) is 2. The maximum absolute atomic E-state index is 12.2. The highest BCUT2D eigenvalue weighted by molar-refractivity contribution is 5.90. The van der Waals surface area contributed by atoms with Crippen LogP contribution in [0.1, 0.15) is 50.8 Å². The number of aromatic nitrogens is 3. The van der Waals surface area contributed by atoms with Crippen molar-refractivity contribution in [2.75, 3.05) is 18.4 Å². The van der Waals surface area contributed by atoms with E-state index in [0.29, 0.717) is 12.3 Å². The van der Waals surface area contributed by atoms with Crippen LogP contribution in [0.25, 0.3) is 11.4 Å². The van der Waals surface area contributed by atoms with Gasteiger partial charge >= 0.3 is 0 Å². The van der Waals surface area contributed by atoms with Crippen LogP contribution in [0.2, 0.25) is 0 Å². The van der Waals surface area contributed by atoms with Crippen molar-refractivity contribution in [3.63, 3.8) is 0 Å². The van der Waals surface area contributed by atoms with Gasteiger partial charge in [-0.15, -0.1) is 10.2 Å². The third-order valence-corrected chi connectivity index (χ3v) is 5.77.